The Balaban J connectivity index is 1.22. The van der Waals surface area contributed by atoms with Gasteiger partial charge in [0.1, 0.15) is 12.3 Å². The Morgan fingerprint density at radius 2 is 1.94 bits per heavy atom. The van der Waals surface area contributed by atoms with E-state index >= 15 is 0 Å². The summed E-state index contributed by atoms with van der Waals surface area (Å²) in [5, 5.41) is 11.6. The van der Waals surface area contributed by atoms with Gasteiger partial charge < -0.3 is 19.4 Å². The lowest BCUT2D eigenvalue weighted by Crippen LogP contribution is -2.37. The molecule has 3 aromatic heterocycles. The number of hydrogen-bond donors (Lipinski definition) is 1. The molecule has 9 nitrogen and oxygen atoms in total. The summed E-state index contributed by atoms with van der Waals surface area (Å²) < 4.78 is 25.0. The van der Waals surface area contributed by atoms with Gasteiger partial charge in [0.25, 0.3) is 5.95 Å². The number of hydrogen-bond acceptors (Lipinski definition) is 9. The van der Waals surface area contributed by atoms with Crippen molar-refractivity contribution in [3.05, 3.63) is 78.2 Å². The van der Waals surface area contributed by atoms with Crippen molar-refractivity contribution in [3.63, 3.8) is 0 Å². The maximum absolute atomic E-state index is 14.2. The van der Waals surface area contributed by atoms with Crippen molar-refractivity contribution in [1.29, 1.82) is 0 Å². The number of morpholine rings is 1. The molecule has 0 atom stereocenters. The molecule has 1 fully saturated rings. The summed E-state index contributed by atoms with van der Waals surface area (Å²) in [6, 6.07) is 13.8. The summed E-state index contributed by atoms with van der Waals surface area (Å²) in [4.78, 5) is 14.4. The van der Waals surface area contributed by atoms with Gasteiger partial charge in [-0.05, 0) is 55.0 Å². The Labute approximate surface area is 201 Å². The largest absolute Gasteiger partial charge is 0.464 e. The molecular weight excluding hydrogens is 449 g/mol. The molecule has 1 N–H and O–H groups in total. The fourth-order valence-corrected chi connectivity index (χ4v) is 3.76. The fraction of sp³-hybridized carbons (Fsp3) is 0.240. The number of anilines is 3. The quantitative estimate of drug-likeness (QED) is 0.357. The van der Waals surface area contributed by atoms with E-state index in [4.69, 9.17) is 9.15 Å². The highest BCUT2D eigenvalue weighted by Crippen LogP contribution is 2.27. The summed E-state index contributed by atoms with van der Waals surface area (Å²) in [5.74, 6) is 0.661. The highest BCUT2D eigenvalue weighted by molar-refractivity contribution is 5.69. The van der Waals surface area contributed by atoms with Gasteiger partial charge in [0.05, 0.1) is 43.3 Å². The van der Waals surface area contributed by atoms with Crippen molar-refractivity contribution in [2.24, 2.45) is 10.2 Å². The first-order valence-corrected chi connectivity index (χ1v) is 11.2. The van der Waals surface area contributed by atoms with E-state index in [0.29, 0.717) is 26.3 Å². The number of pyridine rings is 1. The number of ether oxygens (including phenoxy) is 1. The van der Waals surface area contributed by atoms with Crippen molar-refractivity contribution >= 4 is 23.1 Å². The van der Waals surface area contributed by atoms with Crippen LogP contribution in [0.3, 0.4) is 0 Å². The number of aromatic nitrogens is 3. The van der Waals surface area contributed by atoms with Gasteiger partial charge in [0.15, 0.2) is 11.6 Å². The lowest BCUT2D eigenvalue weighted by Gasteiger charge is -2.27. The minimum absolute atomic E-state index is 0.109. The van der Waals surface area contributed by atoms with Crippen LogP contribution in [0.1, 0.15) is 11.3 Å². The second-order valence-corrected chi connectivity index (χ2v) is 8.07. The molecule has 0 aliphatic carbocycles. The number of rotatable bonds is 7. The first-order valence-electron chi connectivity index (χ1n) is 11.2. The van der Waals surface area contributed by atoms with Gasteiger partial charge in [-0.3, -0.25) is 4.98 Å². The van der Waals surface area contributed by atoms with Crippen LogP contribution in [0.15, 0.2) is 75.8 Å². The Morgan fingerprint density at radius 3 is 2.71 bits per heavy atom. The molecular formula is C25H24FN7O2. The lowest BCUT2D eigenvalue weighted by atomic mass is 10.1. The zero-order valence-corrected chi connectivity index (χ0v) is 19.2. The second kappa shape index (κ2) is 10.4. The molecule has 0 radical (unpaired) electrons. The van der Waals surface area contributed by atoms with Crippen LogP contribution in [0, 0.1) is 12.7 Å². The van der Waals surface area contributed by atoms with Gasteiger partial charge in [0.2, 0.25) is 0 Å². The van der Waals surface area contributed by atoms with E-state index in [1.54, 1.807) is 12.5 Å². The molecule has 1 aliphatic rings. The van der Waals surface area contributed by atoms with Crippen LogP contribution in [0.25, 0.3) is 11.3 Å². The molecule has 1 saturated heterocycles. The standard InChI is InChI=1S/C25H24FN7O2/c1-17-11-18(23-3-2-8-35-23)13-21(12-17)30-20-5-4-19(27-14-20)15-29-32-25-28-16-22(26)24(31-25)33-6-9-34-10-7-33/h2-5,8,11-14,16,30H,6-7,9-10,15H2,1H3. The van der Waals surface area contributed by atoms with E-state index in [0.717, 1.165) is 40.2 Å². The van der Waals surface area contributed by atoms with Crippen molar-refractivity contribution in [3.8, 4) is 11.3 Å². The minimum Gasteiger partial charge on any atom is -0.464 e. The number of nitrogens with zero attached hydrogens (tertiary/aromatic N) is 6. The van der Waals surface area contributed by atoms with Gasteiger partial charge in [-0.15, -0.1) is 5.11 Å². The predicted molar refractivity (Wildman–Crippen MR) is 130 cm³/mol. The summed E-state index contributed by atoms with van der Waals surface area (Å²) >= 11 is 0. The molecule has 178 valence electrons. The first-order chi connectivity index (χ1) is 17.1. The topological polar surface area (TPSA) is 101 Å². The van der Waals surface area contributed by atoms with Gasteiger partial charge >= 0.3 is 0 Å². The smallest absolute Gasteiger partial charge is 0.270 e. The third-order valence-electron chi connectivity index (χ3n) is 5.41. The van der Waals surface area contributed by atoms with Crippen LogP contribution in [0.4, 0.5) is 27.5 Å². The molecule has 4 aromatic rings. The van der Waals surface area contributed by atoms with Crippen molar-refractivity contribution in [2.75, 3.05) is 36.5 Å². The molecule has 0 saturated carbocycles. The van der Waals surface area contributed by atoms with Crippen molar-refractivity contribution in [1.82, 2.24) is 15.0 Å². The molecule has 5 rings (SSSR count). The highest BCUT2D eigenvalue weighted by atomic mass is 19.1. The monoisotopic (exact) mass is 473 g/mol. The van der Waals surface area contributed by atoms with Crippen LogP contribution >= 0.6 is 0 Å². The molecule has 10 heteroatoms. The van der Waals surface area contributed by atoms with Crippen molar-refractivity contribution in [2.45, 2.75) is 13.5 Å². The summed E-state index contributed by atoms with van der Waals surface area (Å²) in [6.45, 7) is 4.50. The van der Waals surface area contributed by atoms with E-state index in [1.807, 2.05) is 42.2 Å². The molecule has 4 heterocycles. The van der Waals surface area contributed by atoms with Crippen LogP contribution in [0.2, 0.25) is 0 Å². The number of nitrogens with one attached hydrogen (secondary N) is 1. The average molecular weight is 474 g/mol. The van der Waals surface area contributed by atoms with Gasteiger partial charge in [-0.25, -0.2) is 9.37 Å². The van der Waals surface area contributed by atoms with Gasteiger partial charge in [-0.2, -0.15) is 10.1 Å². The number of azo groups is 1. The van der Waals surface area contributed by atoms with E-state index < -0.39 is 5.82 Å². The number of halogens is 1. The normalized spacial score (nSPS) is 13.9. The summed E-state index contributed by atoms with van der Waals surface area (Å²) in [7, 11) is 0. The number of furan rings is 1. The molecule has 1 aliphatic heterocycles. The fourth-order valence-electron chi connectivity index (χ4n) is 3.76. The predicted octanol–water partition coefficient (Wildman–Crippen LogP) is 5.44. The molecule has 35 heavy (non-hydrogen) atoms. The summed E-state index contributed by atoms with van der Waals surface area (Å²) in [6.07, 6.45) is 4.52. The first kappa shape index (κ1) is 22.6. The Kier molecular flexibility index (Phi) is 6.71. The summed E-state index contributed by atoms with van der Waals surface area (Å²) in [5.41, 5.74) is 4.64. The van der Waals surface area contributed by atoms with Crippen molar-refractivity contribution < 1.29 is 13.5 Å². The molecule has 1 aromatic carbocycles. The zero-order valence-electron chi connectivity index (χ0n) is 19.2. The van der Waals surface area contributed by atoms with E-state index in [1.165, 1.54) is 0 Å². The Morgan fingerprint density at radius 1 is 1.06 bits per heavy atom. The van der Waals surface area contributed by atoms with Crippen LogP contribution in [0.5, 0.6) is 0 Å². The van der Waals surface area contributed by atoms with E-state index in [2.05, 4.69) is 42.6 Å². The Hall–Kier alpha value is -4.18. The third-order valence-corrected chi connectivity index (χ3v) is 5.41. The molecule has 0 amide bonds. The zero-order chi connectivity index (χ0) is 24.0. The second-order valence-electron chi connectivity index (χ2n) is 8.07. The number of benzene rings is 1. The molecule has 0 unspecified atom stereocenters. The van der Waals surface area contributed by atoms with Crippen LogP contribution < -0.4 is 10.2 Å². The van der Waals surface area contributed by atoms with Gasteiger partial charge in [0, 0.05) is 24.3 Å². The van der Waals surface area contributed by atoms with E-state index in [-0.39, 0.29) is 18.3 Å². The maximum atomic E-state index is 14.2. The van der Waals surface area contributed by atoms with Gasteiger partial charge in [-0.1, -0.05) is 0 Å². The van der Waals surface area contributed by atoms with E-state index in [9.17, 15) is 4.39 Å². The Bertz CT molecular complexity index is 1300. The maximum Gasteiger partial charge on any atom is 0.270 e. The number of aryl methyl sites for hydroxylation is 1. The minimum atomic E-state index is -0.486. The van der Waals surface area contributed by atoms with Crippen LogP contribution in [-0.4, -0.2) is 41.3 Å². The third kappa shape index (κ3) is 5.67. The SMILES string of the molecule is Cc1cc(Nc2ccc(CN=Nc3ncc(F)c(N4CCOCC4)n3)nc2)cc(-c2ccco2)c1. The highest BCUT2D eigenvalue weighted by Gasteiger charge is 2.17. The average Bonchev–Trinajstić information content (AvgIpc) is 3.42. The van der Waals surface area contributed by atoms with Crippen LogP contribution in [-0.2, 0) is 11.3 Å². The molecule has 0 spiro atoms. The molecule has 0 bridgehead atoms. The lowest BCUT2D eigenvalue weighted by molar-refractivity contribution is 0.122.